The fraction of sp³-hybridized carbons (Fsp3) is 0.732. The van der Waals surface area contributed by atoms with E-state index in [-0.39, 0.29) is 37.5 Å². The third-order valence-electron chi connectivity index (χ3n) is 14.0. The van der Waals surface area contributed by atoms with Gasteiger partial charge in [0.05, 0.1) is 0 Å². The molecule has 0 radical (unpaired) electrons. The molecule has 442 valence electrons. The van der Waals surface area contributed by atoms with Gasteiger partial charge in [0.25, 0.3) is 0 Å². The normalized spacial score (nSPS) is 12.7. The zero-order valence-corrected chi connectivity index (χ0v) is 50.7. The van der Waals surface area contributed by atoms with Crippen LogP contribution in [0.4, 0.5) is 0 Å². The Labute approximate surface area is 477 Å². The predicted molar refractivity (Wildman–Crippen MR) is 334 cm³/mol. The van der Waals surface area contributed by atoms with E-state index >= 15 is 0 Å². The molecule has 1 atom stereocenters. The molecular formula is C71H122O6. The second-order valence-corrected chi connectivity index (χ2v) is 21.6. The van der Waals surface area contributed by atoms with Gasteiger partial charge in [0.15, 0.2) is 6.10 Å². The highest BCUT2D eigenvalue weighted by Crippen LogP contribution is 2.16. The molecule has 0 fully saturated rings. The molecule has 0 amide bonds. The van der Waals surface area contributed by atoms with E-state index in [2.05, 4.69) is 118 Å². The molecule has 0 N–H and O–H groups in total. The van der Waals surface area contributed by atoms with Crippen molar-refractivity contribution in [2.75, 3.05) is 13.2 Å². The van der Waals surface area contributed by atoms with E-state index in [1.807, 2.05) is 0 Å². The SMILES string of the molecule is CC/C=C\C/C=C\C/C=C\C/C=C\C/C=C\CCCC(=O)OC(COC(=O)CCCCCCC/C=C\CCCCCCCC)COC(=O)CCCCCCCCCCCCCCCCC/C=C\C/C=C\CCCCCCC. The molecule has 6 nitrogen and oxygen atoms in total. The van der Waals surface area contributed by atoms with Crippen LogP contribution in [0.2, 0.25) is 0 Å². The van der Waals surface area contributed by atoms with Gasteiger partial charge >= 0.3 is 17.9 Å². The monoisotopic (exact) mass is 1070 g/mol. The molecule has 6 heteroatoms. The summed E-state index contributed by atoms with van der Waals surface area (Å²) >= 11 is 0. The van der Waals surface area contributed by atoms with Crippen molar-refractivity contribution in [2.45, 2.75) is 322 Å². The lowest BCUT2D eigenvalue weighted by Crippen LogP contribution is -2.30. The summed E-state index contributed by atoms with van der Waals surface area (Å²) in [5.41, 5.74) is 0. The molecule has 0 saturated carbocycles. The van der Waals surface area contributed by atoms with Gasteiger partial charge in [-0.15, -0.1) is 0 Å². The molecule has 0 rings (SSSR count). The molecule has 0 aliphatic rings. The van der Waals surface area contributed by atoms with Crippen LogP contribution in [-0.4, -0.2) is 37.2 Å². The Morgan fingerprint density at radius 3 is 0.844 bits per heavy atom. The number of allylic oxidation sites excluding steroid dienone is 16. The van der Waals surface area contributed by atoms with Crippen molar-refractivity contribution in [3.63, 3.8) is 0 Å². The minimum absolute atomic E-state index is 0.102. The van der Waals surface area contributed by atoms with E-state index in [1.165, 1.54) is 180 Å². The van der Waals surface area contributed by atoms with E-state index < -0.39 is 6.10 Å². The van der Waals surface area contributed by atoms with Gasteiger partial charge in [-0.05, 0) is 116 Å². The second-order valence-electron chi connectivity index (χ2n) is 21.6. The van der Waals surface area contributed by atoms with Gasteiger partial charge in [-0.1, -0.05) is 279 Å². The molecule has 0 aromatic carbocycles. The fourth-order valence-electron chi connectivity index (χ4n) is 9.15. The van der Waals surface area contributed by atoms with Crippen LogP contribution in [0.15, 0.2) is 97.2 Å². The van der Waals surface area contributed by atoms with Crippen molar-refractivity contribution in [1.82, 2.24) is 0 Å². The number of carbonyl (C=O) groups excluding carboxylic acids is 3. The Hall–Kier alpha value is -3.67. The second kappa shape index (κ2) is 64.9. The van der Waals surface area contributed by atoms with Crippen molar-refractivity contribution in [2.24, 2.45) is 0 Å². The van der Waals surface area contributed by atoms with Crippen LogP contribution in [0.1, 0.15) is 316 Å². The zero-order chi connectivity index (χ0) is 55.7. The van der Waals surface area contributed by atoms with Crippen LogP contribution in [-0.2, 0) is 28.6 Å². The molecule has 0 aromatic rings. The first kappa shape index (κ1) is 73.3. The molecule has 1 unspecified atom stereocenters. The number of hydrogen-bond donors (Lipinski definition) is 0. The number of esters is 3. The highest BCUT2D eigenvalue weighted by atomic mass is 16.6. The highest BCUT2D eigenvalue weighted by molar-refractivity contribution is 5.71. The predicted octanol–water partition coefficient (Wildman–Crippen LogP) is 22.4. The largest absolute Gasteiger partial charge is 0.462 e. The van der Waals surface area contributed by atoms with Crippen LogP contribution in [0.5, 0.6) is 0 Å². The van der Waals surface area contributed by atoms with Crippen LogP contribution in [0.3, 0.4) is 0 Å². The topological polar surface area (TPSA) is 78.9 Å². The van der Waals surface area contributed by atoms with Crippen LogP contribution >= 0.6 is 0 Å². The zero-order valence-electron chi connectivity index (χ0n) is 50.7. The average molecular weight is 1070 g/mol. The standard InChI is InChI=1S/C71H122O6/c1-4-7-10-13-16-19-22-25-28-30-31-32-33-34-35-36-37-38-39-41-43-46-49-52-55-58-61-64-70(73)76-67-68(66-75-69(72)63-60-57-54-51-48-45-42-27-24-21-18-15-12-9-6-3)77-71(74)65-62-59-56-53-50-47-44-40-29-26-23-20-17-14-11-8-5-2/h8,11,17,20,22,25-27,29-31,42,44,47,53,56,68H,4-7,9-10,12-16,18-19,21,23-24,28,32-41,43,45-46,48-52,54-55,57-67H2,1-3H3/b11-8-,20-17-,25-22-,29-26-,31-30-,42-27-,47-44-,56-53-. The van der Waals surface area contributed by atoms with Crippen LogP contribution in [0, 0.1) is 0 Å². The lowest BCUT2D eigenvalue weighted by Gasteiger charge is -2.18. The van der Waals surface area contributed by atoms with E-state index in [0.717, 1.165) is 89.9 Å². The summed E-state index contributed by atoms with van der Waals surface area (Å²) < 4.78 is 16.9. The molecule has 0 heterocycles. The van der Waals surface area contributed by atoms with Crippen LogP contribution in [0.25, 0.3) is 0 Å². The maximum Gasteiger partial charge on any atom is 0.306 e. The maximum atomic E-state index is 12.9. The highest BCUT2D eigenvalue weighted by Gasteiger charge is 2.19. The lowest BCUT2D eigenvalue weighted by molar-refractivity contribution is -0.167. The first-order chi connectivity index (χ1) is 38.0. The summed E-state index contributed by atoms with van der Waals surface area (Å²) in [5.74, 6) is -0.959. The van der Waals surface area contributed by atoms with Crippen molar-refractivity contribution < 1.29 is 28.6 Å². The molecule has 0 aromatic heterocycles. The van der Waals surface area contributed by atoms with E-state index in [4.69, 9.17) is 14.2 Å². The number of rotatable bonds is 59. The van der Waals surface area contributed by atoms with Gasteiger partial charge in [-0.3, -0.25) is 14.4 Å². The molecular weight excluding hydrogens is 949 g/mol. The minimum Gasteiger partial charge on any atom is -0.462 e. The number of ether oxygens (including phenoxy) is 3. The summed E-state index contributed by atoms with van der Waals surface area (Å²) in [6.07, 6.45) is 87.1. The van der Waals surface area contributed by atoms with E-state index in [0.29, 0.717) is 19.3 Å². The Kier molecular flexibility index (Phi) is 61.8. The molecule has 0 saturated heterocycles. The summed E-state index contributed by atoms with van der Waals surface area (Å²) in [4.78, 5) is 38.3. The van der Waals surface area contributed by atoms with Gasteiger partial charge in [0.1, 0.15) is 13.2 Å². The van der Waals surface area contributed by atoms with E-state index in [9.17, 15) is 14.4 Å². The van der Waals surface area contributed by atoms with Gasteiger partial charge in [0, 0.05) is 19.3 Å². The minimum atomic E-state index is -0.812. The Morgan fingerprint density at radius 1 is 0.273 bits per heavy atom. The first-order valence-electron chi connectivity index (χ1n) is 32.7. The lowest BCUT2D eigenvalue weighted by atomic mass is 10.0. The van der Waals surface area contributed by atoms with E-state index in [1.54, 1.807) is 0 Å². The Bertz CT molecular complexity index is 1510. The van der Waals surface area contributed by atoms with Crippen LogP contribution < -0.4 is 0 Å². The maximum absolute atomic E-state index is 12.9. The summed E-state index contributed by atoms with van der Waals surface area (Å²) in [5, 5.41) is 0. The molecule has 0 spiro atoms. The van der Waals surface area contributed by atoms with Gasteiger partial charge in [-0.25, -0.2) is 0 Å². The van der Waals surface area contributed by atoms with Crippen molar-refractivity contribution in [3.8, 4) is 0 Å². The molecule has 77 heavy (non-hydrogen) atoms. The first-order valence-corrected chi connectivity index (χ1v) is 32.7. The molecule has 0 aliphatic heterocycles. The third kappa shape index (κ3) is 63.0. The van der Waals surface area contributed by atoms with Gasteiger partial charge in [-0.2, -0.15) is 0 Å². The summed E-state index contributed by atoms with van der Waals surface area (Å²) in [6, 6.07) is 0. The average Bonchev–Trinajstić information content (AvgIpc) is 3.43. The number of carbonyl (C=O) groups is 3. The molecule has 0 aliphatic carbocycles. The van der Waals surface area contributed by atoms with Crippen molar-refractivity contribution in [1.29, 1.82) is 0 Å². The van der Waals surface area contributed by atoms with Crippen molar-refractivity contribution >= 4 is 17.9 Å². The summed E-state index contributed by atoms with van der Waals surface area (Å²) in [6.45, 7) is 6.48. The third-order valence-corrected chi connectivity index (χ3v) is 14.0. The smallest absolute Gasteiger partial charge is 0.306 e. The van der Waals surface area contributed by atoms with Gasteiger partial charge in [0.2, 0.25) is 0 Å². The van der Waals surface area contributed by atoms with Gasteiger partial charge < -0.3 is 14.2 Å². The number of unbranched alkanes of at least 4 members (excludes halogenated alkanes) is 32. The fourth-order valence-corrected chi connectivity index (χ4v) is 9.15. The quantitative estimate of drug-likeness (QED) is 0.0261. The Balaban J connectivity index is 4.34. The summed E-state index contributed by atoms with van der Waals surface area (Å²) in [7, 11) is 0. The van der Waals surface area contributed by atoms with Crippen molar-refractivity contribution in [3.05, 3.63) is 97.2 Å². The molecule has 0 bridgehead atoms. The number of hydrogen-bond acceptors (Lipinski definition) is 6. The Morgan fingerprint density at radius 2 is 0.519 bits per heavy atom.